The molecule has 3 rings (SSSR count). The van der Waals surface area contributed by atoms with Gasteiger partial charge in [0.15, 0.2) is 0 Å². The van der Waals surface area contributed by atoms with E-state index in [1.807, 2.05) is 13.8 Å². The van der Waals surface area contributed by atoms with Gasteiger partial charge in [-0.1, -0.05) is 13.8 Å². The van der Waals surface area contributed by atoms with Crippen molar-refractivity contribution in [2.75, 3.05) is 18.6 Å². The van der Waals surface area contributed by atoms with Crippen molar-refractivity contribution in [2.24, 2.45) is 17.1 Å². The van der Waals surface area contributed by atoms with Crippen LogP contribution in [0.25, 0.3) is 0 Å². The van der Waals surface area contributed by atoms with Crippen molar-refractivity contribution in [2.45, 2.75) is 38.3 Å². The quantitative estimate of drug-likeness (QED) is 0.899. The van der Waals surface area contributed by atoms with Crippen LogP contribution in [0, 0.1) is 17.2 Å². The minimum Gasteiger partial charge on any atom is -0.377 e. The van der Waals surface area contributed by atoms with Crippen LogP contribution in [0.5, 0.6) is 0 Å². The van der Waals surface area contributed by atoms with Gasteiger partial charge in [-0.25, -0.2) is 4.39 Å². The fraction of sp³-hybridized carbons (Fsp3) is 0.588. The van der Waals surface area contributed by atoms with Crippen LogP contribution < -0.4 is 10.6 Å². The van der Waals surface area contributed by atoms with Crippen LogP contribution in [0.2, 0.25) is 0 Å². The summed E-state index contributed by atoms with van der Waals surface area (Å²) >= 11 is 0. The summed E-state index contributed by atoms with van der Waals surface area (Å²) in [6.07, 6.45) is 1.88. The van der Waals surface area contributed by atoms with E-state index in [1.54, 1.807) is 19.2 Å². The van der Waals surface area contributed by atoms with Gasteiger partial charge in [-0.2, -0.15) is 0 Å². The van der Waals surface area contributed by atoms with E-state index in [1.165, 1.54) is 17.0 Å². The second-order valence-electron chi connectivity index (χ2n) is 6.97. The topological polar surface area (TPSA) is 55.6 Å². The summed E-state index contributed by atoms with van der Waals surface area (Å²) in [7, 11) is 1.69. The number of ether oxygens (including phenoxy) is 1. The summed E-state index contributed by atoms with van der Waals surface area (Å²) in [5, 5.41) is 0. The number of anilines is 1. The number of carbonyl (C=O) groups is 1. The molecule has 0 spiro atoms. The van der Waals surface area contributed by atoms with Crippen LogP contribution in [0.4, 0.5) is 10.1 Å². The molecule has 3 atom stereocenters. The van der Waals surface area contributed by atoms with E-state index in [4.69, 9.17) is 10.5 Å². The van der Waals surface area contributed by atoms with Crippen LogP contribution in [-0.4, -0.2) is 31.2 Å². The monoisotopic (exact) mass is 342 g/mol. The average molecular weight is 343 g/mol. The van der Waals surface area contributed by atoms with Crippen molar-refractivity contribution in [1.82, 2.24) is 0 Å². The molecule has 2 aliphatic rings. The summed E-state index contributed by atoms with van der Waals surface area (Å²) in [6.45, 7) is 4.73. The lowest BCUT2D eigenvalue weighted by molar-refractivity contribution is -0.223. The van der Waals surface area contributed by atoms with Crippen molar-refractivity contribution < 1.29 is 13.9 Å². The molecule has 6 heteroatoms. The molecule has 1 aliphatic heterocycles. The van der Waals surface area contributed by atoms with E-state index >= 15 is 0 Å². The van der Waals surface area contributed by atoms with Crippen LogP contribution in [0.15, 0.2) is 24.3 Å². The Morgan fingerprint density at radius 1 is 1.35 bits per heavy atom. The maximum atomic E-state index is 13.1. The Balaban J connectivity index is 0.00000192. The number of nitrogens with two attached hydrogens (primary N) is 1. The van der Waals surface area contributed by atoms with Crippen LogP contribution in [0.1, 0.15) is 26.7 Å². The second-order valence-corrected chi connectivity index (χ2v) is 6.97. The molecule has 1 saturated heterocycles. The average Bonchev–Trinajstić information content (AvgIpc) is 2.53. The lowest BCUT2D eigenvalue weighted by atomic mass is 9.46. The number of rotatable bonds is 2. The van der Waals surface area contributed by atoms with Crippen LogP contribution >= 0.6 is 12.4 Å². The van der Waals surface area contributed by atoms with Crippen molar-refractivity contribution in [1.29, 1.82) is 0 Å². The van der Waals surface area contributed by atoms with Crippen molar-refractivity contribution >= 4 is 24.0 Å². The first-order chi connectivity index (χ1) is 10.3. The lowest BCUT2D eigenvalue weighted by Crippen LogP contribution is -2.82. The molecule has 1 amide bonds. The predicted molar refractivity (Wildman–Crippen MR) is 90.2 cm³/mol. The van der Waals surface area contributed by atoms with E-state index in [9.17, 15) is 9.18 Å². The van der Waals surface area contributed by atoms with Crippen molar-refractivity contribution in [3.8, 4) is 0 Å². The Labute approximate surface area is 142 Å². The maximum absolute atomic E-state index is 13.1. The Morgan fingerprint density at radius 2 is 1.96 bits per heavy atom. The standard InChI is InChI=1S/C17H23FN2O2.ClH/c1-16(2)14-13(5-4-10-22-14)17(16,19)15(21)20(3)12-8-6-11(18)7-9-12;/h6-9,13-14H,4-5,10,19H2,1-3H3;1H. The van der Waals surface area contributed by atoms with Gasteiger partial charge >= 0.3 is 0 Å². The first-order valence-electron chi connectivity index (χ1n) is 7.74. The lowest BCUT2D eigenvalue weighted by Gasteiger charge is -2.65. The third-order valence-corrected chi connectivity index (χ3v) is 5.56. The van der Waals surface area contributed by atoms with E-state index in [0.29, 0.717) is 5.69 Å². The zero-order valence-corrected chi connectivity index (χ0v) is 14.5. The van der Waals surface area contributed by atoms with Gasteiger partial charge < -0.3 is 15.4 Å². The maximum Gasteiger partial charge on any atom is 0.247 e. The van der Waals surface area contributed by atoms with Gasteiger partial charge in [0.2, 0.25) is 5.91 Å². The second kappa shape index (κ2) is 6.04. The Kier molecular flexibility index (Phi) is 4.77. The van der Waals surface area contributed by atoms with Gasteiger partial charge in [0.05, 0.1) is 6.10 Å². The molecule has 128 valence electrons. The molecule has 2 fully saturated rings. The van der Waals surface area contributed by atoms with Gasteiger partial charge in [0.25, 0.3) is 0 Å². The normalized spacial score (nSPS) is 31.3. The zero-order valence-electron chi connectivity index (χ0n) is 13.7. The summed E-state index contributed by atoms with van der Waals surface area (Å²) < 4.78 is 18.9. The molecular weight excluding hydrogens is 319 g/mol. The highest BCUT2D eigenvalue weighted by atomic mass is 35.5. The van der Waals surface area contributed by atoms with E-state index in [-0.39, 0.29) is 36.2 Å². The highest BCUT2D eigenvalue weighted by Gasteiger charge is 2.70. The molecule has 23 heavy (non-hydrogen) atoms. The number of carbonyl (C=O) groups excluding carboxylic acids is 1. The Morgan fingerprint density at radius 3 is 2.57 bits per heavy atom. The Bertz CT molecular complexity index is 593. The highest BCUT2D eigenvalue weighted by molar-refractivity contribution is 6.01. The Hall–Kier alpha value is -1.17. The summed E-state index contributed by atoms with van der Waals surface area (Å²) in [5.41, 5.74) is 5.89. The van der Waals surface area contributed by atoms with Crippen molar-refractivity contribution in [3.05, 3.63) is 30.1 Å². The summed E-state index contributed by atoms with van der Waals surface area (Å²) in [5.74, 6) is -0.403. The smallest absolute Gasteiger partial charge is 0.247 e. The van der Waals surface area contributed by atoms with Crippen LogP contribution in [0.3, 0.4) is 0 Å². The summed E-state index contributed by atoms with van der Waals surface area (Å²) in [6, 6.07) is 5.88. The van der Waals surface area contributed by atoms with Crippen LogP contribution in [-0.2, 0) is 9.53 Å². The molecule has 1 aromatic rings. The molecule has 3 unspecified atom stereocenters. The van der Waals surface area contributed by atoms with Gasteiger partial charge in [-0.05, 0) is 37.1 Å². The molecular formula is C17H24ClFN2O2. The van der Waals surface area contributed by atoms with Gasteiger partial charge in [0, 0.05) is 30.7 Å². The molecule has 4 nitrogen and oxygen atoms in total. The molecule has 1 aliphatic carbocycles. The number of likely N-dealkylation sites (N-methyl/N-ethyl adjacent to an activating group) is 1. The number of nitrogens with zero attached hydrogens (tertiary/aromatic N) is 1. The largest absolute Gasteiger partial charge is 0.377 e. The van der Waals surface area contributed by atoms with E-state index < -0.39 is 11.0 Å². The molecule has 1 saturated carbocycles. The third-order valence-electron chi connectivity index (χ3n) is 5.56. The minimum atomic E-state index is -0.943. The van der Waals surface area contributed by atoms with E-state index in [0.717, 1.165) is 19.4 Å². The predicted octanol–water partition coefficient (Wildman–Crippen LogP) is 2.74. The molecule has 1 aromatic carbocycles. The SMILES string of the molecule is CN(C(=O)C1(N)C2CCCOC2C1(C)C)c1ccc(F)cc1.Cl. The number of hydrogen-bond acceptors (Lipinski definition) is 3. The molecule has 1 heterocycles. The number of benzene rings is 1. The number of hydrogen-bond donors (Lipinski definition) is 1. The molecule has 2 N–H and O–H groups in total. The molecule has 0 radical (unpaired) electrons. The number of amides is 1. The van der Waals surface area contributed by atoms with Crippen molar-refractivity contribution in [3.63, 3.8) is 0 Å². The van der Waals surface area contributed by atoms with Gasteiger partial charge in [-0.15, -0.1) is 12.4 Å². The fourth-order valence-electron chi connectivity index (χ4n) is 4.07. The highest BCUT2D eigenvalue weighted by Crippen LogP contribution is 2.58. The first-order valence-corrected chi connectivity index (χ1v) is 7.74. The fourth-order valence-corrected chi connectivity index (χ4v) is 4.07. The number of fused-ring (bicyclic) bond motifs is 1. The van der Waals surface area contributed by atoms with Gasteiger partial charge in [-0.3, -0.25) is 4.79 Å². The van der Waals surface area contributed by atoms with E-state index in [2.05, 4.69) is 0 Å². The first kappa shape index (κ1) is 18.2. The third kappa shape index (κ3) is 2.46. The minimum absolute atomic E-state index is 0. The van der Waals surface area contributed by atoms with Gasteiger partial charge in [0.1, 0.15) is 11.4 Å². The molecule has 0 aromatic heterocycles. The summed E-state index contributed by atoms with van der Waals surface area (Å²) in [4.78, 5) is 14.6. The number of halogens is 2. The molecule has 0 bridgehead atoms. The zero-order chi connectivity index (χ0) is 16.1.